The molecule has 1 unspecified atom stereocenters. The number of aryl methyl sites for hydroxylation is 3. The summed E-state index contributed by atoms with van der Waals surface area (Å²) < 4.78 is 0. The van der Waals surface area contributed by atoms with Gasteiger partial charge in [-0.05, 0) is 67.2 Å². The van der Waals surface area contributed by atoms with Gasteiger partial charge in [0.05, 0.1) is 6.10 Å². The molecular weight excluding hydrogens is 256 g/mol. The van der Waals surface area contributed by atoms with Crippen molar-refractivity contribution in [2.24, 2.45) is 0 Å². The molecular formula is C20H24O. The molecule has 1 aliphatic carbocycles. The molecule has 0 bridgehead atoms. The van der Waals surface area contributed by atoms with Gasteiger partial charge in [-0.3, -0.25) is 0 Å². The maximum absolute atomic E-state index is 10.2. The van der Waals surface area contributed by atoms with Gasteiger partial charge in [-0.2, -0.15) is 0 Å². The van der Waals surface area contributed by atoms with Crippen LogP contribution in [0.1, 0.15) is 41.5 Å². The third-order valence-corrected chi connectivity index (χ3v) is 4.48. The van der Waals surface area contributed by atoms with E-state index in [2.05, 4.69) is 42.5 Å². The normalized spacial score (nSPS) is 14.9. The second-order valence-electron chi connectivity index (χ2n) is 6.19. The molecule has 0 heterocycles. The van der Waals surface area contributed by atoms with E-state index in [9.17, 15) is 5.11 Å². The Labute approximate surface area is 127 Å². The van der Waals surface area contributed by atoms with Crippen LogP contribution in [0.5, 0.6) is 0 Å². The van der Waals surface area contributed by atoms with Gasteiger partial charge in [0.2, 0.25) is 0 Å². The first-order valence-electron chi connectivity index (χ1n) is 8.14. The fraction of sp³-hybridized carbons (Fsp3) is 0.400. The Balaban J connectivity index is 1.47. The van der Waals surface area contributed by atoms with Crippen LogP contribution in [0, 0.1) is 0 Å². The van der Waals surface area contributed by atoms with E-state index < -0.39 is 0 Å². The first-order chi connectivity index (χ1) is 10.3. The molecule has 0 radical (unpaired) electrons. The summed E-state index contributed by atoms with van der Waals surface area (Å²) in [5, 5.41) is 10.2. The molecule has 0 saturated carbocycles. The van der Waals surface area contributed by atoms with Gasteiger partial charge in [0, 0.05) is 0 Å². The fourth-order valence-electron chi connectivity index (χ4n) is 3.31. The average Bonchev–Trinajstić information content (AvgIpc) is 2.96. The number of hydrogen-bond donors (Lipinski definition) is 1. The van der Waals surface area contributed by atoms with E-state index in [4.69, 9.17) is 0 Å². The summed E-state index contributed by atoms with van der Waals surface area (Å²) in [5.41, 5.74) is 5.67. The summed E-state index contributed by atoms with van der Waals surface area (Å²) >= 11 is 0. The largest absolute Gasteiger partial charge is 0.393 e. The molecule has 2 aromatic carbocycles. The van der Waals surface area contributed by atoms with E-state index in [0.717, 1.165) is 25.7 Å². The monoisotopic (exact) mass is 280 g/mol. The van der Waals surface area contributed by atoms with Crippen molar-refractivity contribution in [3.63, 3.8) is 0 Å². The van der Waals surface area contributed by atoms with E-state index in [0.29, 0.717) is 0 Å². The van der Waals surface area contributed by atoms with Crippen molar-refractivity contribution in [2.45, 2.75) is 51.0 Å². The van der Waals surface area contributed by atoms with E-state index in [1.165, 1.54) is 41.5 Å². The highest BCUT2D eigenvalue weighted by atomic mass is 16.3. The van der Waals surface area contributed by atoms with Crippen molar-refractivity contribution >= 4 is 0 Å². The number of aliphatic hydroxyl groups excluding tert-OH is 1. The lowest BCUT2D eigenvalue weighted by molar-refractivity contribution is 0.162. The second kappa shape index (κ2) is 6.91. The molecule has 1 nitrogen and oxygen atoms in total. The van der Waals surface area contributed by atoms with E-state index in [1.54, 1.807) is 0 Å². The molecule has 0 saturated heterocycles. The molecule has 1 N–H and O–H groups in total. The van der Waals surface area contributed by atoms with Crippen molar-refractivity contribution in [1.82, 2.24) is 0 Å². The van der Waals surface area contributed by atoms with Crippen LogP contribution in [0.4, 0.5) is 0 Å². The zero-order chi connectivity index (χ0) is 14.5. The summed E-state index contributed by atoms with van der Waals surface area (Å²) in [5.74, 6) is 0. The van der Waals surface area contributed by atoms with Crippen LogP contribution in [-0.4, -0.2) is 11.2 Å². The van der Waals surface area contributed by atoms with Crippen LogP contribution in [0.25, 0.3) is 0 Å². The quantitative estimate of drug-likeness (QED) is 0.844. The number of benzene rings is 2. The van der Waals surface area contributed by atoms with Gasteiger partial charge in [-0.15, -0.1) is 0 Å². The lowest BCUT2D eigenvalue weighted by atomic mass is 9.99. The van der Waals surface area contributed by atoms with Crippen LogP contribution < -0.4 is 0 Å². The molecule has 2 aromatic rings. The molecule has 0 fully saturated rings. The third-order valence-electron chi connectivity index (χ3n) is 4.48. The molecule has 1 atom stereocenters. The van der Waals surface area contributed by atoms with Crippen molar-refractivity contribution in [3.8, 4) is 0 Å². The first-order valence-corrected chi connectivity index (χ1v) is 8.14. The van der Waals surface area contributed by atoms with Gasteiger partial charge < -0.3 is 5.11 Å². The van der Waals surface area contributed by atoms with Crippen molar-refractivity contribution in [2.75, 3.05) is 0 Å². The Morgan fingerprint density at radius 1 is 0.905 bits per heavy atom. The topological polar surface area (TPSA) is 20.2 Å². The third kappa shape index (κ3) is 3.95. The summed E-state index contributed by atoms with van der Waals surface area (Å²) in [7, 11) is 0. The molecule has 0 amide bonds. The summed E-state index contributed by atoms with van der Waals surface area (Å²) in [4.78, 5) is 0. The number of hydrogen-bond acceptors (Lipinski definition) is 1. The zero-order valence-electron chi connectivity index (χ0n) is 12.6. The number of aliphatic hydroxyl groups is 1. The van der Waals surface area contributed by atoms with Gasteiger partial charge in [-0.1, -0.05) is 48.5 Å². The smallest absolute Gasteiger partial charge is 0.0580 e. The maximum atomic E-state index is 10.2. The predicted octanol–water partition coefficient (Wildman–Crippen LogP) is 4.10. The van der Waals surface area contributed by atoms with E-state index in [1.807, 2.05) is 6.07 Å². The van der Waals surface area contributed by atoms with Crippen LogP contribution in [-0.2, 0) is 25.7 Å². The van der Waals surface area contributed by atoms with Crippen LogP contribution in [0.3, 0.4) is 0 Å². The van der Waals surface area contributed by atoms with Crippen LogP contribution in [0.15, 0.2) is 48.5 Å². The molecule has 0 aromatic heterocycles. The highest BCUT2D eigenvalue weighted by Gasteiger charge is 2.12. The van der Waals surface area contributed by atoms with Crippen LogP contribution in [0.2, 0.25) is 0 Å². The highest BCUT2D eigenvalue weighted by molar-refractivity contribution is 5.35. The van der Waals surface area contributed by atoms with Crippen molar-refractivity contribution in [1.29, 1.82) is 0 Å². The lowest BCUT2D eigenvalue weighted by Crippen LogP contribution is -2.11. The Morgan fingerprint density at radius 2 is 1.71 bits per heavy atom. The highest BCUT2D eigenvalue weighted by Crippen LogP contribution is 2.23. The average molecular weight is 280 g/mol. The van der Waals surface area contributed by atoms with E-state index in [-0.39, 0.29) is 6.10 Å². The van der Waals surface area contributed by atoms with Gasteiger partial charge in [0.15, 0.2) is 0 Å². The van der Waals surface area contributed by atoms with Gasteiger partial charge in [0.25, 0.3) is 0 Å². The second-order valence-corrected chi connectivity index (χ2v) is 6.19. The summed E-state index contributed by atoms with van der Waals surface area (Å²) in [6.07, 6.45) is 7.31. The zero-order valence-corrected chi connectivity index (χ0v) is 12.6. The number of rotatable bonds is 6. The fourth-order valence-corrected chi connectivity index (χ4v) is 3.31. The van der Waals surface area contributed by atoms with Crippen molar-refractivity contribution in [3.05, 3.63) is 70.8 Å². The number of fused-ring (bicyclic) bond motifs is 1. The lowest BCUT2D eigenvalue weighted by Gasteiger charge is -2.12. The van der Waals surface area contributed by atoms with E-state index >= 15 is 0 Å². The minimum atomic E-state index is -0.215. The Hall–Kier alpha value is -1.60. The Bertz CT molecular complexity index is 574. The van der Waals surface area contributed by atoms with Crippen LogP contribution >= 0.6 is 0 Å². The SMILES string of the molecule is OC(CCCc1ccccc1)Cc1ccc2c(c1)CCC2. The van der Waals surface area contributed by atoms with Gasteiger partial charge in [0.1, 0.15) is 0 Å². The molecule has 110 valence electrons. The summed E-state index contributed by atoms with van der Waals surface area (Å²) in [6.45, 7) is 0. The maximum Gasteiger partial charge on any atom is 0.0580 e. The Morgan fingerprint density at radius 3 is 2.57 bits per heavy atom. The minimum Gasteiger partial charge on any atom is -0.393 e. The molecule has 0 aliphatic heterocycles. The predicted molar refractivity (Wildman–Crippen MR) is 87.6 cm³/mol. The minimum absolute atomic E-state index is 0.215. The first kappa shape index (κ1) is 14.3. The van der Waals surface area contributed by atoms with Crippen molar-refractivity contribution < 1.29 is 5.11 Å². The molecule has 21 heavy (non-hydrogen) atoms. The standard InChI is InChI=1S/C20H24O/c21-20(11-4-8-16-6-2-1-3-7-16)15-17-12-13-18-9-5-10-19(18)14-17/h1-3,6-7,12-14,20-21H,4-5,8-11,15H2. The summed E-state index contributed by atoms with van der Waals surface area (Å²) in [6, 6.07) is 17.3. The van der Waals surface area contributed by atoms with Gasteiger partial charge in [-0.25, -0.2) is 0 Å². The van der Waals surface area contributed by atoms with Gasteiger partial charge >= 0.3 is 0 Å². The molecule has 1 aliphatic rings. The molecule has 0 spiro atoms. The molecule has 1 heteroatoms. The molecule has 3 rings (SSSR count). The Kier molecular flexibility index (Phi) is 4.72.